The summed E-state index contributed by atoms with van der Waals surface area (Å²) in [6.07, 6.45) is 0. The van der Waals surface area contributed by atoms with Crippen molar-refractivity contribution in [2.24, 2.45) is 0 Å². The Morgan fingerprint density at radius 1 is 1.24 bits per heavy atom. The first-order chi connectivity index (χ1) is 11.7. The minimum absolute atomic E-state index is 0. The van der Waals surface area contributed by atoms with Crippen LogP contribution in [-0.4, -0.2) is 71.5 Å². The largest absolute Gasteiger partial charge is 0.493 e. The summed E-state index contributed by atoms with van der Waals surface area (Å²) >= 11 is 0. The van der Waals surface area contributed by atoms with Crippen LogP contribution >= 0.6 is 12.4 Å². The van der Waals surface area contributed by atoms with Gasteiger partial charge in [-0.2, -0.15) is 0 Å². The van der Waals surface area contributed by atoms with E-state index >= 15 is 0 Å². The first kappa shape index (κ1) is 21.5. The number of rotatable bonds is 8. The van der Waals surface area contributed by atoms with E-state index in [-0.39, 0.29) is 24.4 Å². The molecule has 0 saturated carbocycles. The average molecular weight is 374 g/mol. The van der Waals surface area contributed by atoms with E-state index in [4.69, 9.17) is 14.2 Å². The summed E-state index contributed by atoms with van der Waals surface area (Å²) in [7, 11) is 5.00. The molecule has 1 atom stereocenters. The minimum atomic E-state index is -0.0174. The molecule has 1 aliphatic rings. The number of hydrogen-bond acceptors (Lipinski definition) is 6. The van der Waals surface area contributed by atoms with Gasteiger partial charge in [0, 0.05) is 19.6 Å². The molecule has 1 heterocycles. The van der Waals surface area contributed by atoms with E-state index in [2.05, 4.69) is 15.5 Å². The van der Waals surface area contributed by atoms with Crippen LogP contribution in [0.3, 0.4) is 0 Å². The van der Waals surface area contributed by atoms with Crippen LogP contribution in [-0.2, 0) is 9.53 Å². The normalized spacial score (nSPS) is 15.8. The van der Waals surface area contributed by atoms with Crippen molar-refractivity contribution >= 4 is 18.3 Å². The molecule has 0 bridgehead atoms. The molecule has 7 nitrogen and oxygen atoms in total. The number of morpholine rings is 1. The number of carbonyl (C=O) groups excluding carboxylic acids is 1. The first-order valence-corrected chi connectivity index (χ1v) is 8.14. The second kappa shape index (κ2) is 11.1. The summed E-state index contributed by atoms with van der Waals surface area (Å²) in [5, 5.41) is 5.85. The lowest BCUT2D eigenvalue weighted by Gasteiger charge is -2.35. The van der Waals surface area contributed by atoms with E-state index in [1.165, 1.54) is 0 Å². The molecule has 25 heavy (non-hydrogen) atoms. The van der Waals surface area contributed by atoms with E-state index in [9.17, 15) is 4.79 Å². The van der Waals surface area contributed by atoms with Gasteiger partial charge in [0.2, 0.25) is 5.91 Å². The molecule has 1 saturated heterocycles. The van der Waals surface area contributed by atoms with Crippen molar-refractivity contribution in [1.82, 2.24) is 15.5 Å². The number of nitrogens with one attached hydrogen (secondary N) is 2. The van der Waals surface area contributed by atoms with Gasteiger partial charge in [-0.15, -0.1) is 12.4 Å². The van der Waals surface area contributed by atoms with Gasteiger partial charge in [0.15, 0.2) is 11.5 Å². The molecule has 1 unspecified atom stereocenters. The molecule has 0 spiro atoms. The number of halogens is 1. The Bertz CT molecular complexity index is 539. The van der Waals surface area contributed by atoms with Gasteiger partial charge in [-0.05, 0) is 24.7 Å². The number of benzene rings is 1. The predicted octanol–water partition coefficient (Wildman–Crippen LogP) is 0.835. The van der Waals surface area contributed by atoms with Gasteiger partial charge in [0.05, 0.1) is 40.0 Å². The molecule has 142 valence electrons. The molecule has 0 aromatic heterocycles. The Labute approximate surface area is 155 Å². The van der Waals surface area contributed by atoms with E-state index in [0.29, 0.717) is 37.8 Å². The number of ether oxygens (including phenoxy) is 3. The van der Waals surface area contributed by atoms with Crippen molar-refractivity contribution in [3.8, 4) is 11.5 Å². The highest BCUT2D eigenvalue weighted by molar-refractivity contribution is 5.85. The zero-order valence-electron chi connectivity index (χ0n) is 15.0. The van der Waals surface area contributed by atoms with Crippen LogP contribution in [0.5, 0.6) is 11.5 Å². The van der Waals surface area contributed by atoms with Gasteiger partial charge in [-0.25, -0.2) is 0 Å². The number of amides is 1. The fraction of sp³-hybridized carbons (Fsp3) is 0.588. The van der Waals surface area contributed by atoms with Crippen LogP contribution in [0.25, 0.3) is 0 Å². The van der Waals surface area contributed by atoms with Crippen molar-refractivity contribution in [1.29, 1.82) is 0 Å². The number of carbonyl (C=O) groups is 1. The molecule has 1 fully saturated rings. The Morgan fingerprint density at radius 3 is 2.52 bits per heavy atom. The van der Waals surface area contributed by atoms with Crippen molar-refractivity contribution in [2.75, 3.05) is 60.7 Å². The van der Waals surface area contributed by atoms with Gasteiger partial charge in [-0.3, -0.25) is 9.69 Å². The second-order valence-electron chi connectivity index (χ2n) is 5.61. The minimum Gasteiger partial charge on any atom is -0.493 e. The van der Waals surface area contributed by atoms with Crippen LogP contribution in [0.2, 0.25) is 0 Å². The molecular formula is C17H28ClN3O4. The quantitative estimate of drug-likeness (QED) is 0.703. The van der Waals surface area contributed by atoms with Gasteiger partial charge in [0.1, 0.15) is 0 Å². The van der Waals surface area contributed by atoms with Gasteiger partial charge < -0.3 is 24.8 Å². The lowest BCUT2D eigenvalue weighted by molar-refractivity contribution is -0.120. The molecule has 0 radical (unpaired) electrons. The van der Waals surface area contributed by atoms with Crippen LogP contribution in [0.15, 0.2) is 18.2 Å². The molecule has 1 aromatic rings. The van der Waals surface area contributed by atoms with Crippen LogP contribution < -0.4 is 20.1 Å². The summed E-state index contributed by atoms with van der Waals surface area (Å²) in [4.78, 5) is 14.1. The molecule has 2 N–H and O–H groups in total. The third-order valence-electron chi connectivity index (χ3n) is 4.11. The monoisotopic (exact) mass is 373 g/mol. The van der Waals surface area contributed by atoms with Gasteiger partial charge in [0.25, 0.3) is 0 Å². The number of hydrogen-bond donors (Lipinski definition) is 2. The lowest BCUT2D eigenvalue weighted by atomic mass is 10.0. The highest BCUT2D eigenvalue weighted by atomic mass is 35.5. The highest BCUT2D eigenvalue weighted by Crippen LogP contribution is 2.32. The van der Waals surface area contributed by atoms with Crippen LogP contribution in [0, 0.1) is 0 Å². The molecule has 1 aliphatic heterocycles. The summed E-state index contributed by atoms with van der Waals surface area (Å²) in [6.45, 7) is 3.92. The number of methoxy groups -OCH3 is 2. The van der Waals surface area contributed by atoms with Crippen molar-refractivity contribution in [3.63, 3.8) is 0 Å². The van der Waals surface area contributed by atoms with Crippen LogP contribution in [0.1, 0.15) is 11.6 Å². The van der Waals surface area contributed by atoms with Crippen molar-refractivity contribution in [2.45, 2.75) is 6.04 Å². The third-order valence-corrected chi connectivity index (χ3v) is 4.11. The molecule has 1 amide bonds. The fourth-order valence-electron chi connectivity index (χ4n) is 2.84. The molecule has 0 aliphatic carbocycles. The van der Waals surface area contributed by atoms with Gasteiger partial charge >= 0.3 is 0 Å². The van der Waals surface area contributed by atoms with E-state index in [1.54, 1.807) is 21.3 Å². The first-order valence-electron chi connectivity index (χ1n) is 8.14. The predicted molar refractivity (Wildman–Crippen MR) is 98.9 cm³/mol. The van der Waals surface area contributed by atoms with Crippen molar-refractivity contribution in [3.05, 3.63) is 23.8 Å². The summed E-state index contributed by atoms with van der Waals surface area (Å²) < 4.78 is 16.2. The second-order valence-corrected chi connectivity index (χ2v) is 5.61. The molecule has 2 rings (SSSR count). The topological polar surface area (TPSA) is 72.1 Å². The maximum Gasteiger partial charge on any atom is 0.234 e. The van der Waals surface area contributed by atoms with Crippen LogP contribution in [0.4, 0.5) is 0 Å². The summed E-state index contributed by atoms with van der Waals surface area (Å²) in [6, 6.07) is 5.96. The molecule has 8 heteroatoms. The fourth-order valence-corrected chi connectivity index (χ4v) is 2.84. The maximum absolute atomic E-state index is 11.8. The average Bonchev–Trinajstić information content (AvgIpc) is 2.62. The molecular weight excluding hydrogens is 346 g/mol. The summed E-state index contributed by atoms with van der Waals surface area (Å²) in [5.74, 6) is 1.37. The Balaban J connectivity index is 0.00000312. The molecule has 1 aromatic carbocycles. The lowest BCUT2D eigenvalue weighted by Crippen LogP contribution is -2.44. The van der Waals surface area contributed by atoms with Gasteiger partial charge in [-0.1, -0.05) is 6.07 Å². The number of likely N-dealkylation sites (N-methyl/N-ethyl adjacent to an activating group) is 1. The summed E-state index contributed by atoms with van der Waals surface area (Å²) in [5.41, 5.74) is 1.08. The Hall–Kier alpha value is -1.54. The van der Waals surface area contributed by atoms with E-state index in [1.807, 2.05) is 18.2 Å². The Morgan fingerprint density at radius 2 is 1.92 bits per heavy atom. The zero-order valence-corrected chi connectivity index (χ0v) is 15.9. The maximum atomic E-state index is 11.8. The number of nitrogens with zero attached hydrogens (tertiary/aromatic N) is 1. The Kier molecular flexibility index (Phi) is 9.59. The van der Waals surface area contributed by atoms with E-state index < -0.39 is 0 Å². The zero-order chi connectivity index (χ0) is 17.4. The van der Waals surface area contributed by atoms with E-state index in [0.717, 1.165) is 18.7 Å². The SMILES string of the molecule is CNCC(=O)NCC(c1ccc(OC)c(OC)c1)N1CCOCC1.Cl. The third kappa shape index (κ3) is 6.04. The smallest absolute Gasteiger partial charge is 0.234 e. The van der Waals surface area contributed by atoms with Crippen molar-refractivity contribution < 1.29 is 19.0 Å². The highest BCUT2D eigenvalue weighted by Gasteiger charge is 2.24. The standard InChI is InChI=1S/C17H27N3O4.ClH/c1-18-12-17(21)19-11-14(20-6-8-24-9-7-20)13-4-5-15(22-2)16(10-13)23-3;/h4-5,10,14,18H,6-9,11-12H2,1-3H3,(H,19,21);1H.